The smallest absolute Gasteiger partial charge is 0.251 e. The van der Waals surface area contributed by atoms with E-state index in [-0.39, 0.29) is 11.8 Å². The Labute approximate surface area is 228 Å². The Morgan fingerprint density at radius 2 is 1.92 bits per heavy atom. The van der Waals surface area contributed by atoms with E-state index in [0.717, 1.165) is 18.5 Å². The van der Waals surface area contributed by atoms with Crippen molar-refractivity contribution in [3.8, 4) is 0 Å². The fraction of sp³-hybridized carbons (Fsp3) is 0.360. The SMILES string of the molecule is C=CC(=O)N1CCN(C(/C=C(\C)C(=O)Nc2cccc(NPI)c2C=N)=N/C(=C/CCC)OC)CC1. The van der Waals surface area contributed by atoms with Crippen LogP contribution in [0.2, 0.25) is 0 Å². The third kappa shape index (κ3) is 8.44. The molecule has 1 fully saturated rings. The topological polar surface area (TPSA) is 110 Å². The summed E-state index contributed by atoms with van der Waals surface area (Å²) < 4.78 is 5.46. The monoisotopic (exact) mass is 624 g/mol. The van der Waals surface area contributed by atoms with Gasteiger partial charge in [-0.25, -0.2) is 0 Å². The highest BCUT2D eigenvalue weighted by Crippen LogP contribution is 2.30. The summed E-state index contributed by atoms with van der Waals surface area (Å²) in [5.74, 6) is 0.676. The van der Waals surface area contributed by atoms with Gasteiger partial charge in [0.2, 0.25) is 11.8 Å². The molecule has 1 aliphatic heterocycles. The summed E-state index contributed by atoms with van der Waals surface area (Å²) >= 11 is 2.22. The summed E-state index contributed by atoms with van der Waals surface area (Å²) in [4.78, 5) is 33.6. The molecular formula is C25H34IN6O3P. The van der Waals surface area contributed by atoms with Gasteiger partial charge in [-0.1, -0.05) is 26.0 Å². The molecule has 194 valence electrons. The Kier molecular flexibility index (Phi) is 12.6. The number of benzene rings is 1. The largest absolute Gasteiger partial charge is 0.481 e. The third-order valence-corrected chi connectivity index (χ3v) is 6.69. The molecule has 1 unspecified atom stereocenters. The van der Waals surface area contributed by atoms with Gasteiger partial charge in [-0.2, -0.15) is 4.99 Å². The van der Waals surface area contributed by atoms with E-state index in [9.17, 15) is 9.59 Å². The van der Waals surface area contributed by atoms with Gasteiger partial charge in [0.05, 0.1) is 12.8 Å². The first kappa shape index (κ1) is 29.5. The number of hydrogen-bond donors (Lipinski definition) is 3. The van der Waals surface area contributed by atoms with Crippen molar-refractivity contribution >= 4 is 63.7 Å². The maximum Gasteiger partial charge on any atom is 0.251 e. The van der Waals surface area contributed by atoms with Gasteiger partial charge in [-0.15, -0.1) is 0 Å². The van der Waals surface area contributed by atoms with Crippen LogP contribution < -0.4 is 10.4 Å². The summed E-state index contributed by atoms with van der Waals surface area (Å²) in [6.45, 7) is 9.56. The summed E-state index contributed by atoms with van der Waals surface area (Å²) in [5, 5.41) is 13.9. The van der Waals surface area contributed by atoms with Crippen molar-refractivity contribution in [3.05, 3.63) is 60.0 Å². The number of unbranched alkanes of at least 4 members (excludes halogenated alkanes) is 1. The van der Waals surface area contributed by atoms with Gasteiger partial charge >= 0.3 is 0 Å². The lowest BCUT2D eigenvalue weighted by atomic mass is 10.1. The first-order chi connectivity index (χ1) is 17.4. The predicted octanol–water partition coefficient (Wildman–Crippen LogP) is 4.94. The Balaban J connectivity index is 2.33. The quantitative estimate of drug-likeness (QED) is 0.0808. The molecule has 0 spiro atoms. The number of amidine groups is 1. The first-order valence-corrected chi connectivity index (χ1v) is 15.7. The minimum atomic E-state index is -0.295. The number of aliphatic imine (C=N–C) groups is 1. The number of carbonyl (C=O) groups is 2. The third-order valence-electron chi connectivity index (χ3n) is 5.52. The fourth-order valence-corrected chi connectivity index (χ4v) is 4.70. The van der Waals surface area contributed by atoms with Gasteiger partial charge in [-0.3, -0.25) is 9.59 Å². The number of halogens is 1. The summed E-state index contributed by atoms with van der Waals surface area (Å²) in [7, 11) is 1.57. The molecule has 3 N–H and O–H groups in total. The lowest BCUT2D eigenvalue weighted by Crippen LogP contribution is -2.50. The molecule has 1 aromatic rings. The van der Waals surface area contributed by atoms with Crippen molar-refractivity contribution in [1.82, 2.24) is 9.80 Å². The molecule has 1 heterocycles. The van der Waals surface area contributed by atoms with Crippen molar-refractivity contribution in [1.29, 1.82) is 5.41 Å². The van der Waals surface area contributed by atoms with E-state index < -0.39 is 0 Å². The number of methoxy groups -OCH3 is 1. The number of hydrogen-bond acceptors (Lipinski definition) is 6. The van der Waals surface area contributed by atoms with E-state index in [1.54, 1.807) is 31.1 Å². The Bertz CT molecular complexity index is 1050. The van der Waals surface area contributed by atoms with Crippen molar-refractivity contribution in [2.24, 2.45) is 4.99 Å². The van der Waals surface area contributed by atoms with Crippen LogP contribution in [0.4, 0.5) is 11.4 Å². The molecule has 0 bridgehead atoms. The second kappa shape index (κ2) is 15.4. The molecule has 11 heteroatoms. The van der Waals surface area contributed by atoms with Crippen LogP contribution >= 0.6 is 28.4 Å². The zero-order valence-corrected chi connectivity index (χ0v) is 24.1. The van der Waals surface area contributed by atoms with Gasteiger partial charge < -0.3 is 30.4 Å². The van der Waals surface area contributed by atoms with Crippen molar-refractivity contribution in [3.63, 3.8) is 0 Å². The molecule has 1 atom stereocenters. The van der Waals surface area contributed by atoms with E-state index in [4.69, 9.17) is 15.1 Å². The lowest BCUT2D eigenvalue weighted by molar-refractivity contribution is -0.127. The summed E-state index contributed by atoms with van der Waals surface area (Å²) in [6, 6.07) is 5.48. The maximum atomic E-state index is 13.1. The van der Waals surface area contributed by atoms with E-state index >= 15 is 0 Å². The zero-order chi connectivity index (χ0) is 26.5. The summed E-state index contributed by atoms with van der Waals surface area (Å²) in [5.41, 5.74) is 2.41. The molecule has 0 aromatic heterocycles. The number of piperazine rings is 1. The number of nitrogens with one attached hydrogen (secondary N) is 3. The highest BCUT2D eigenvalue weighted by Gasteiger charge is 2.22. The molecule has 36 heavy (non-hydrogen) atoms. The van der Waals surface area contributed by atoms with Gasteiger partial charge in [0.15, 0.2) is 0 Å². The van der Waals surface area contributed by atoms with E-state index in [1.807, 2.05) is 23.1 Å². The molecule has 9 nitrogen and oxygen atoms in total. The molecule has 0 saturated carbocycles. The fourth-order valence-electron chi connectivity index (χ4n) is 3.50. The Hall–Kier alpha value is -2.72. The van der Waals surface area contributed by atoms with Gasteiger partial charge in [0.25, 0.3) is 5.91 Å². The van der Waals surface area contributed by atoms with Crippen LogP contribution in [0.3, 0.4) is 0 Å². The normalized spacial score (nSPS) is 15.2. The standard InChI is InChI=1S/C25H34IN6O3P/c1-5-7-11-23(35-4)29-22(31-12-14-32(15-13-31)24(33)6-2)16-18(3)25(34)28-20-9-8-10-21(30-36-26)19(20)17-27/h6,8-11,16-17,27,30,36H,2,5,7,12-15H2,1,3-4H3,(H,28,34)/b18-16+,23-11-,27-17?,29-22+. The number of allylic oxidation sites excluding steroid dienone is 1. The molecule has 2 amide bonds. The van der Waals surface area contributed by atoms with Gasteiger partial charge in [-0.05, 0) is 65.7 Å². The molecule has 1 saturated heterocycles. The zero-order valence-electron chi connectivity index (χ0n) is 20.9. The number of ether oxygens (including phenoxy) is 1. The van der Waals surface area contributed by atoms with Crippen molar-refractivity contribution in [2.45, 2.75) is 26.7 Å². The van der Waals surface area contributed by atoms with Gasteiger partial charge in [0.1, 0.15) is 5.84 Å². The molecule has 1 aliphatic rings. The van der Waals surface area contributed by atoms with Crippen LogP contribution in [-0.4, -0.2) is 67.0 Å². The summed E-state index contributed by atoms with van der Waals surface area (Å²) in [6.07, 6.45) is 8.42. The Morgan fingerprint density at radius 3 is 2.50 bits per heavy atom. The van der Waals surface area contributed by atoms with Crippen LogP contribution in [-0.2, 0) is 14.3 Å². The van der Waals surface area contributed by atoms with Crippen molar-refractivity contribution < 1.29 is 14.3 Å². The average Bonchev–Trinajstić information content (AvgIpc) is 2.90. The molecular weight excluding hydrogens is 590 g/mol. The second-order valence-electron chi connectivity index (χ2n) is 7.93. The number of anilines is 2. The van der Waals surface area contributed by atoms with E-state index in [1.165, 1.54) is 12.3 Å². The number of amides is 2. The molecule has 0 aliphatic carbocycles. The van der Waals surface area contributed by atoms with Crippen LogP contribution in [0.25, 0.3) is 0 Å². The molecule has 1 aromatic carbocycles. The number of rotatable bonds is 11. The average molecular weight is 624 g/mol. The molecule has 0 radical (unpaired) electrons. The minimum Gasteiger partial charge on any atom is -0.481 e. The highest BCUT2D eigenvalue weighted by atomic mass is 127. The lowest BCUT2D eigenvalue weighted by Gasteiger charge is -2.35. The minimum absolute atomic E-state index is 0.0958. The number of carbonyl (C=O) groups excluding carboxylic acids is 2. The second-order valence-corrected chi connectivity index (χ2v) is 9.99. The highest BCUT2D eigenvalue weighted by molar-refractivity contribution is 14.2. The van der Waals surface area contributed by atoms with Crippen LogP contribution in [0, 0.1) is 5.41 Å². The van der Waals surface area contributed by atoms with Crippen molar-refractivity contribution in [2.75, 3.05) is 43.7 Å². The van der Waals surface area contributed by atoms with Crippen LogP contribution in [0.1, 0.15) is 32.3 Å². The maximum absolute atomic E-state index is 13.1. The van der Waals surface area contributed by atoms with E-state index in [2.05, 4.69) is 45.9 Å². The predicted molar refractivity (Wildman–Crippen MR) is 158 cm³/mol. The molecule has 2 rings (SSSR count). The first-order valence-electron chi connectivity index (χ1n) is 11.6. The van der Waals surface area contributed by atoms with Crippen LogP contribution in [0.5, 0.6) is 0 Å². The number of nitrogens with zero attached hydrogens (tertiary/aromatic N) is 3. The van der Waals surface area contributed by atoms with Crippen LogP contribution in [0.15, 0.2) is 59.5 Å². The van der Waals surface area contributed by atoms with Gasteiger partial charge in [0, 0.05) is 55.6 Å². The van der Waals surface area contributed by atoms with E-state index in [0.29, 0.717) is 61.1 Å². The Morgan fingerprint density at radius 1 is 1.25 bits per heavy atom.